The van der Waals surface area contributed by atoms with Crippen LogP contribution in [0.1, 0.15) is 17.7 Å². The topological polar surface area (TPSA) is 112 Å². The molecule has 4 heterocycles. The Kier molecular flexibility index (Phi) is 5.36. The van der Waals surface area contributed by atoms with E-state index in [0.29, 0.717) is 5.03 Å². The van der Waals surface area contributed by atoms with Crippen molar-refractivity contribution >= 4 is 52.6 Å². The molecular weight excluding hydrogens is 432 g/mol. The van der Waals surface area contributed by atoms with Crippen LogP contribution in [-0.2, 0) is 14.4 Å². The molecule has 2 amide bonds. The number of β-lactam (4-membered cyclic amide) rings is 1. The molecular formula is C18H16N4O4S3. The van der Waals surface area contributed by atoms with E-state index in [4.69, 9.17) is 0 Å². The molecule has 2 aliphatic rings. The third-order valence-corrected chi connectivity index (χ3v) is 8.36. The summed E-state index contributed by atoms with van der Waals surface area (Å²) in [4.78, 5) is 46.1. The van der Waals surface area contributed by atoms with Crippen LogP contribution in [0.25, 0.3) is 0 Å². The number of thioether (sulfide) groups is 2. The zero-order chi connectivity index (χ0) is 20.6. The number of carboxylic acid groups (broad SMARTS) is 1. The van der Waals surface area contributed by atoms with Crippen LogP contribution < -0.4 is 5.32 Å². The van der Waals surface area contributed by atoms with Crippen LogP contribution in [0.4, 0.5) is 0 Å². The molecule has 150 valence electrons. The highest BCUT2D eigenvalue weighted by molar-refractivity contribution is 8.04. The lowest BCUT2D eigenvalue weighted by Crippen LogP contribution is -2.63. The Bertz CT molecular complexity index is 982. The van der Waals surface area contributed by atoms with Gasteiger partial charge in [0.05, 0.1) is 11.8 Å². The molecule has 0 bridgehead atoms. The van der Waals surface area contributed by atoms with Crippen molar-refractivity contribution in [3.63, 3.8) is 0 Å². The monoisotopic (exact) mass is 448 g/mol. The van der Waals surface area contributed by atoms with Crippen molar-refractivity contribution in [2.45, 2.75) is 28.1 Å². The lowest BCUT2D eigenvalue weighted by molar-refractivity contribution is -0.141. The van der Waals surface area contributed by atoms with Gasteiger partial charge >= 0.3 is 5.97 Å². The molecule has 0 saturated carbocycles. The summed E-state index contributed by atoms with van der Waals surface area (Å²) in [6.07, 6.45) is 6.05. The molecule has 0 spiro atoms. The summed E-state index contributed by atoms with van der Waals surface area (Å²) < 4.78 is 0. The molecule has 2 aromatic heterocycles. The van der Waals surface area contributed by atoms with Crippen LogP contribution in [0.15, 0.2) is 52.9 Å². The fourth-order valence-corrected chi connectivity index (χ4v) is 7.08. The van der Waals surface area contributed by atoms with E-state index in [1.54, 1.807) is 18.6 Å². The second-order valence-electron chi connectivity index (χ2n) is 6.44. The molecule has 1 fully saturated rings. The second-order valence-corrected chi connectivity index (χ2v) is 9.83. The van der Waals surface area contributed by atoms with Crippen LogP contribution in [0.2, 0.25) is 0 Å². The lowest BCUT2D eigenvalue weighted by atomic mass is 9.95. The van der Waals surface area contributed by atoms with Gasteiger partial charge in [0.15, 0.2) is 0 Å². The summed E-state index contributed by atoms with van der Waals surface area (Å²) in [5, 5.41) is 14.9. The number of thiophene rings is 1. The van der Waals surface area contributed by atoms with Crippen molar-refractivity contribution < 1.29 is 19.5 Å². The van der Waals surface area contributed by atoms with Gasteiger partial charge in [-0.1, -0.05) is 6.07 Å². The lowest BCUT2D eigenvalue weighted by Gasteiger charge is -2.52. The van der Waals surface area contributed by atoms with E-state index >= 15 is 0 Å². The summed E-state index contributed by atoms with van der Waals surface area (Å²) in [7, 11) is 0. The Morgan fingerprint density at radius 1 is 1.41 bits per heavy atom. The van der Waals surface area contributed by atoms with Gasteiger partial charge in [-0.05, 0) is 11.4 Å². The molecule has 8 nitrogen and oxygen atoms in total. The predicted molar refractivity (Wildman–Crippen MR) is 110 cm³/mol. The van der Waals surface area contributed by atoms with Gasteiger partial charge in [0.2, 0.25) is 11.8 Å². The molecule has 3 atom stereocenters. The minimum absolute atomic E-state index is 0.0386. The predicted octanol–water partition coefficient (Wildman–Crippen LogP) is 2.13. The minimum Gasteiger partial charge on any atom is -0.478 e. The van der Waals surface area contributed by atoms with Crippen molar-refractivity contribution in [2.75, 3.05) is 5.75 Å². The van der Waals surface area contributed by atoms with Crippen LogP contribution in [-0.4, -0.2) is 53.8 Å². The van der Waals surface area contributed by atoms with E-state index in [-0.39, 0.29) is 34.4 Å². The summed E-state index contributed by atoms with van der Waals surface area (Å²) in [6.45, 7) is 1.35. The van der Waals surface area contributed by atoms with Crippen molar-refractivity contribution in [3.05, 3.63) is 52.8 Å². The SMILES string of the molecule is CC(=O)NC1(CSc2cnccn2)S[C@@H]2C(c3cccs3)C(=O)N2C=C1C(=O)O. The number of hydrogen-bond acceptors (Lipinski definition) is 8. The molecule has 0 radical (unpaired) electrons. The van der Waals surface area contributed by atoms with Gasteiger partial charge < -0.3 is 15.3 Å². The Labute approximate surface area is 178 Å². The largest absolute Gasteiger partial charge is 0.478 e. The number of rotatable bonds is 6. The maximum Gasteiger partial charge on any atom is 0.336 e. The van der Waals surface area contributed by atoms with E-state index < -0.39 is 10.8 Å². The first-order chi connectivity index (χ1) is 13.9. The highest BCUT2D eigenvalue weighted by Gasteiger charge is 2.57. The van der Waals surface area contributed by atoms with Crippen LogP contribution in [0.5, 0.6) is 0 Å². The second kappa shape index (κ2) is 7.81. The Morgan fingerprint density at radius 3 is 2.86 bits per heavy atom. The minimum atomic E-state index is -1.21. The van der Waals surface area contributed by atoms with Crippen molar-refractivity contribution in [2.24, 2.45) is 0 Å². The zero-order valence-electron chi connectivity index (χ0n) is 15.1. The Morgan fingerprint density at radius 2 is 2.24 bits per heavy atom. The fraction of sp³-hybridized carbons (Fsp3) is 0.278. The van der Waals surface area contributed by atoms with E-state index in [0.717, 1.165) is 4.88 Å². The van der Waals surface area contributed by atoms with Gasteiger partial charge in [-0.25, -0.2) is 9.78 Å². The molecule has 4 rings (SSSR count). The molecule has 29 heavy (non-hydrogen) atoms. The first kappa shape index (κ1) is 19.9. The van der Waals surface area contributed by atoms with Gasteiger partial charge in [0.25, 0.3) is 0 Å². The highest BCUT2D eigenvalue weighted by atomic mass is 32.2. The van der Waals surface area contributed by atoms with Crippen molar-refractivity contribution in [1.82, 2.24) is 20.2 Å². The third kappa shape index (κ3) is 3.65. The average molecular weight is 449 g/mol. The molecule has 0 aromatic carbocycles. The van der Waals surface area contributed by atoms with Crippen LogP contribution >= 0.6 is 34.9 Å². The number of aromatic nitrogens is 2. The van der Waals surface area contributed by atoms with Gasteiger partial charge in [0, 0.05) is 36.1 Å². The summed E-state index contributed by atoms with van der Waals surface area (Å²) in [5.74, 6) is -1.81. The molecule has 2 aliphatic heterocycles. The number of nitrogens with one attached hydrogen (secondary N) is 1. The Hall–Kier alpha value is -2.37. The number of carbonyl (C=O) groups excluding carboxylic acids is 2. The summed E-state index contributed by atoms with van der Waals surface area (Å²) in [6, 6.07) is 3.78. The standard InChI is InChI=1S/C18H16N4O4S3/c1-10(23)21-18(9-28-13-7-19-4-5-20-13)11(17(25)26)8-22-15(24)14(16(22)29-18)12-3-2-6-27-12/h2-8,14,16H,9H2,1H3,(H,21,23)(H,25,26)/t14?,16-,18?/m1/s1. The molecule has 11 heteroatoms. The van der Waals surface area contributed by atoms with E-state index in [1.807, 2.05) is 17.5 Å². The van der Waals surface area contributed by atoms with Gasteiger partial charge in [-0.3, -0.25) is 14.6 Å². The molecule has 2 unspecified atom stereocenters. The smallest absolute Gasteiger partial charge is 0.336 e. The van der Waals surface area contributed by atoms with E-state index in [9.17, 15) is 19.5 Å². The fourth-order valence-electron chi connectivity index (χ4n) is 3.28. The molecule has 0 aliphatic carbocycles. The number of fused-ring (bicyclic) bond motifs is 1. The molecule has 2 N–H and O–H groups in total. The van der Waals surface area contributed by atoms with E-state index in [1.165, 1.54) is 52.9 Å². The number of hydrogen-bond donors (Lipinski definition) is 2. The maximum absolute atomic E-state index is 12.6. The summed E-state index contributed by atoms with van der Waals surface area (Å²) >= 11 is 4.08. The number of aliphatic carboxylic acids is 1. The highest BCUT2D eigenvalue weighted by Crippen LogP contribution is 2.53. The Balaban J connectivity index is 1.70. The first-order valence-electron chi connectivity index (χ1n) is 8.58. The first-order valence-corrected chi connectivity index (χ1v) is 11.3. The van der Waals surface area contributed by atoms with Crippen LogP contribution in [0, 0.1) is 0 Å². The number of carbonyl (C=O) groups is 3. The summed E-state index contributed by atoms with van der Waals surface area (Å²) in [5.41, 5.74) is -0.0386. The number of amides is 2. The van der Waals surface area contributed by atoms with Gasteiger partial charge in [-0.15, -0.1) is 34.9 Å². The van der Waals surface area contributed by atoms with Gasteiger partial charge in [-0.2, -0.15) is 0 Å². The van der Waals surface area contributed by atoms with E-state index in [2.05, 4.69) is 15.3 Å². The normalized spacial score (nSPS) is 25.6. The van der Waals surface area contributed by atoms with Crippen molar-refractivity contribution in [3.8, 4) is 0 Å². The average Bonchev–Trinajstić information content (AvgIpc) is 3.20. The zero-order valence-corrected chi connectivity index (χ0v) is 17.6. The van der Waals surface area contributed by atoms with Crippen LogP contribution in [0.3, 0.4) is 0 Å². The third-order valence-electron chi connectivity index (χ3n) is 4.53. The maximum atomic E-state index is 12.6. The molecule has 1 saturated heterocycles. The molecule has 2 aromatic rings. The van der Waals surface area contributed by atoms with Crippen molar-refractivity contribution in [1.29, 1.82) is 0 Å². The number of nitrogens with zero attached hydrogens (tertiary/aromatic N) is 3. The quantitative estimate of drug-likeness (QED) is 0.511. The number of carboxylic acids is 1. The van der Waals surface area contributed by atoms with Gasteiger partial charge in [0.1, 0.15) is 21.2 Å².